The number of aliphatic imine (C=N–C) groups is 1. The number of aliphatic hydroxyl groups excluding tert-OH is 7. The van der Waals surface area contributed by atoms with Gasteiger partial charge in [0, 0.05) is 0 Å². The molecule has 1 fully saturated rings. The van der Waals surface area contributed by atoms with E-state index in [0.29, 0.717) is 0 Å². The van der Waals surface area contributed by atoms with Crippen LogP contribution in [-0.4, -0.2) is 108 Å². The summed E-state index contributed by atoms with van der Waals surface area (Å²) in [4.78, 5) is 3.96. The van der Waals surface area contributed by atoms with Gasteiger partial charge in [-0.15, -0.1) is 0 Å². The first-order valence-corrected chi connectivity index (χ1v) is 7.72. The van der Waals surface area contributed by atoms with Crippen molar-refractivity contribution in [2.24, 2.45) is 4.99 Å². The Morgan fingerprint density at radius 1 is 1.12 bits per heavy atom. The van der Waals surface area contributed by atoms with Gasteiger partial charge in [-0.1, -0.05) is 6.08 Å². The zero-order chi connectivity index (χ0) is 18.9. The SMILES string of the molecule is C[C@@H]1OC(=N[C@H]2C=C(CO)[C@@H](O)[C@H](O)[C@H]2O)NC(O)(CO)[C@@H](O)C1O. The second-order valence-corrected chi connectivity index (χ2v) is 6.22. The van der Waals surface area contributed by atoms with E-state index < -0.39 is 67.6 Å². The summed E-state index contributed by atoms with van der Waals surface area (Å²) < 4.78 is 5.28. The lowest BCUT2D eigenvalue weighted by Gasteiger charge is -2.33. The molecule has 0 radical (unpaired) electrons. The zero-order valence-corrected chi connectivity index (χ0v) is 13.5. The van der Waals surface area contributed by atoms with Gasteiger partial charge in [0.1, 0.15) is 42.7 Å². The number of nitrogens with zero attached hydrogens (tertiary/aromatic N) is 1. The van der Waals surface area contributed by atoms with Gasteiger partial charge < -0.3 is 50.9 Å². The minimum atomic E-state index is -2.36. The van der Waals surface area contributed by atoms with Gasteiger partial charge in [0.15, 0.2) is 5.72 Å². The number of ether oxygens (including phenoxy) is 1. The van der Waals surface area contributed by atoms with Gasteiger partial charge in [-0.25, -0.2) is 4.99 Å². The second-order valence-electron chi connectivity index (χ2n) is 6.22. The van der Waals surface area contributed by atoms with Crippen LogP contribution in [0.1, 0.15) is 6.92 Å². The van der Waals surface area contributed by atoms with Crippen molar-refractivity contribution in [3.8, 4) is 0 Å². The normalized spacial score (nSPS) is 46.8. The van der Waals surface area contributed by atoms with Crippen molar-refractivity contribution in [2.45, 2.75) is 55.3 Å². The predicted octanol–water partition coefficient (Wildman–Crippen LogP) is -4.86. The molecular weight excluding hydrogens is 340 g/mol. The Morgan fingerprint density at radius 2 is 1.76 bits per heavy atom. The molecule has 0 aromatic rings. The molecule has 1 saturated heterocycles. The van der Waals surface area contributed by atoms with Gasteiger partial charge in [-0.3, -0.25) is 0 Å². The maximum Gasteiger partial charge on any atom is 0.288 e. The van der Waals surface area contributed by atoms with Crippen LogP contribution in [0.15, 0.2) is 16.6 Å². The summed E-state index contributed by atoms with van der Waals surface area (Å²) >= 11 is 0. The predicted molar refractivity (Wildman–Crippen MR) is 82.1 cm³/mol. The Kier molecular flexibility index (Phi) is 6.01. The Hall–Kier alpha value is -1.31. The molecule has 11 nitrogen and oxygen atoms in total. The van der Waals surface area contributed by atoms with Gasteiger partial charge in [0.05, 0.1) is 13.2 Å². The first kappa shape index (κ1) is 20.0. The van der Waals surface area contributed by atoms with E-state index in [1.165, 1.54) is 13.0 Å². The number of nitrogens with one attached hydrogen (secondary N) is 1. The van der Waals surface area contributed by atoms with E-state index in [1.54, 1.807) is 0 Å². The average molecular weight is 364 g/mol. The van der Waals surface area contributed by atoms with Crippen LogP contribution in [0.4, 0.5) is 0 Å². The average Bonchev–Trinajstić information content (AvgIpc) is 2.67. The van der Waals surface area contributed by atoms with E-state index in [0.717, 1.165) is 0 Å². The monoisotopic (exact) mass is 364 g/mol. The molecule has 144 valence electrons. The minimum Gasteiger partial charge on any atom is -0.459 e. The van der Waals surface area contributed by atoms with E-state index in [4.69, 9.17) is 4.74 Å². The molecule has 0 amide bonds. The van der Waals surface area contributed by atoms with Crippen LogP contribution in [0.2, 0.25) is 0 Å². The van der Waals surface area contributed by atoms with Crippen LogP contribution in [-0.2, 0) is 4.74 Å². The smallest absolute Gasteiger partial charge is 0.288 e. The molecule has 0 saturated carbocycles. The van der Waals surface area contributed by atoms with E-state index in [-0.39, 0.29) is 5.57 Å². The maximum absolute atomic E-state index is 10.2. The molecule has 0 spiro atoms. The Morgan fingerprint density at radius 3 is 2.32 bits per heavy atom. The zero-order valence-electron chi connectivity index (χ0n) is 13.5. The van der Waals surface area contributed by atoms with Gasteiger partial charge in [0.25, 0.3) is 6.02 Å². The van der Waals surface area contributed by atoms with Gasteiger partial charge in [-0.2, -0.15) is 0 Å². The molecule has 1 aliphatic heterocycles. The van der Waals surface area contributed by atoms with Crippen LogP contribution >= 0.6 is 0 Å². The molecule has 2 rings (SSSR count). The van der Waals surface area contributed by atoms with E-state index >= 15 is 0 Å². The topological polar surface area (TPSA) is 195 Å². The Balaban J connectivity index is 2.36. The highest BCUT2D eigenvalue weighted by molar-refractivity contribution is 5.75. The van der Waals surface area contributed by atoms with Crippen molar-refractivity contribution >= 4 is 6.02 Å². The lowest BCUT2D eigenvalue weighted by atomic mass is 9.88. The molecule has 1 aliphatic carbocycles. The Bertz CT molecular complexity index is 542. The summed E-state index contributed by atoms with van der Waals surface area (Å²) in [5.41, 5.74) is -2.32. The van der Waals surface area contributed by atoms with Crippen molar-refractivity contribution in [2.75, 3.05) is 13.2 Å². The summed E-state index contributed by atoms with van der Waals surface area (Å²) in [5.74, 6) is 0. The number of amidine groups is 1. The van der Waals surface area contributed by atoms with Gasteiger partial charge in [-0.05, 0) is 12.5 Å². The van der Waals surface area contributed by atoms with Crippen molar-refractivity contribution in [3.05, 3.63) is 11.6 Å². The molecule has 0 bridgehead atoms. The van der Waals surface area contributed by atoms with Crippen LogP contribution in [0.5, 0.6) is 0 Å². The first-order chi connectivity index (χ1) is 11.6. The molecule has 2 aliphatic rings. The van der Waals surface area contributed by atoms with E-state index in [1.807, 2.05) is 0 Å². The van der Waals surface area contributed by atoms with E-state index in [2.05, 4.69) is 10.3 Å². The number of hydrogen-bond acceptors (Lipinski definition) is 10. The van der Waals surface area contributed by atoms with Gasteiger partial charge >= 0.3 is 0 Å². The molecule has 8 atom stereocenters. The van der Waals surface area contributed by atoms with Crippen molar-refractivity contribution in [1.29, 1.82) is 0 Å². The fourth-order valence-electron chi connectivity index (χ4n) is 2.69. The highest BCUT2D eigenvalue weighted by Crippen LogP contribution is 2.24. The summed E-state index contributed by atoms with van der Waals surface area (Å²) in [5, 5.41) is 80.5. The second kappa shape index (κ2) is 7.51. The van der Waals surface area contributed by atoms with Crippen molar-refractivity contribution < 1.29 is 45.6 Å². The van der Waals surface area contributed by atoms with Crippen LogP contribution in [0.3, 0.4) is 0 Å². The quantitative estimate of drug-likeness (QED) is 0.219. The van der Waals surface area contributed by atoms with Crippen molar-refractivity contribution in [3.63, 3.8) is 0 Å². The highest BCUT2D eigenvalue weighted by atomic mass is 16.5. The van der Waals surface area contributed by atoms with Crippen LogP contribution in [0.25, 0.3) is 0 Å². The summed E-state index contributed by atoms with van der Waals surface area (Å²) in [7, 11) is 0. The summed E-state index contributed by atoms with van der Waals surface area (Å²) in [6.45, 7) is -0.166. The lowest BCUT2D eigenvalue weighted by Crippen LogP contribution is -2.61. The molecule has 25 heavy (non-hydrogen) atoms. The molecule has 1 heterocycles. The third-order valence-electron chi connectivity index (χ3n) is 4.39. The number of hydrogen-bond donors (Lipinski definition) is 9. The lowest BCUT2D eigenvalue weighted by molar-refractivity contribution is -0.158. The molecule has 11 heteroatoms. The third-order valence-corrected chi connectivity index (χ3v) is 4.39. The molecule has 2 unspecified atom stereocenters. The minimum absolute atomic E-state index is 0.0336. The standard InChI is InChI=1S/C14H24N2O9/c1-5-8(19)12(23)14(24,4-18)16-13(25-5)15-7-2-6(3-17)9(20)11(22)10(7)21/h2,5,7-12,17-24H,3-4H2,1H3,(H,15,16)/t5-,7-,8?,9+,10-,11-,12-,14?/m0/s1. The first-order valence-electron chi connectivity index (χ1n) is 7.72. The molecule has 0 aromatic heterocycles. The highest BCUT2D eigenvalue weighted by Gasteiger charge is 2.47. The third kappa shape index (κ3) is 3.78. The van der Waals surface area contributed by atoms with Crippen LogP contribution in [0, 0.1) is 0 Å². The fourth-order valence-corrected chi connectivity index (χ4v) is 2.69. The molecule has 0 aromatic carbocycles. The van der Waals surface area contributed by atoms with Gasteiger partial charge in [0.2, 0.25) is 0 Å². The molecular formula is C14H24N2O9. The summed E-state index contributed by atoms with van der Waals surface area (Å²) in [6, 6.07) is -1.58. The molecule has 9 N–H and O–H groups in total. The Labute approximate surface area is 143 Å². The van der Waals surface area contributed by atoms with Crippen molar-refractivity contribution in [1.82, 2.24) is 5.32 Å². The number of rotatable bonds is 3. The number of aliphatic hydroxyl groups is 8. The summed E-state index contributed by atoms with van der Waals surface area (Å²) in [6.07, 6.45) is -7.77. The maximum atomic E-state index is 10.2. The van der Waals surface area contributed by atoms with Crippen LogP contribution < -0.4 is 5.32 Å². The fraction of sp³-hybridized carbons (Fsp3) is 0.786. The van der Waals surface area contributed by atoms with E-state index in [9.17, 15) is 40.9 Å². The largest absolute Gasteiger partial charge is 0.459 e.